The number of unbranched alkanes of at least 4 members (excludes halogenated alkanes) is 33. The highest BCUT2D eigenvalue weighted by Crippen LogP contribution is 2.15. The van der Waals surface area contributed by atoms with E-state index < -0.39 is 18.4 Å². The van der Waals surface area contributed by atoms with Crippen LogP contribution in [0.2, 0.25) is 0 Å². The van der Waals surface area contributed by atoms with Gasteiger partial charge in [0.25, 0.3) is 0 Å². The zero-order valence-corrected chi connectivity index (χ0v) is 40.0. The molecule has 2 unspecified atom stereocenters. The fourth-order valence-corrected chi connectivity index (χ4v) is 7.72. The molecule has 0 aromatic carbocycles. The van der Waals surface area contributed by atoms with Crippen LogP contribution < -0.4 is 27.1 Å². The van der Waals surface area contributed by atoms with Crippen LogP contribution in [0.15, 0.2) is 0 Å². The molecular weight excluding hydrogens is 751 g/mol. The third-order valence-electron chi connectivity index (χ3n) is 11.6. The summed E-state index contributed by atoms with van der Waals surface area (Å²) in [5, 5.41) is 5.79. The van der Waals surface area contributed by atoms with Crippen molar-refractivity contribution in [2.75, 3.05) is 32.9 Å². The van der Waals surface area contributed by atoms with Crippen LogP contribution in [0.1, 0.15) is 258 Å². The molecule has 0 saturated carbocycles. The van der Waals surface area contributed by atoms with Gasteiger partial charge in [-0.3, -0.25) is 21.3 Å². The van der Waals surface area contributed by atoms with Gasteiger partial charge in [-0.05, 0) is 19.3 Å². The van der Waals surface area contributed by atoms with Crippen molar-refractivity contribution < 1.29 is 28.8 Å². The van der Waals surface area contributed by atoms with Gasteiger partial charge in [-0.1, -0.05) is 233 Å². The summed E-state index contributed by atoms with van der Waals surface area (Å²) in [6, 6.07) is -0.805. The molecule has 356 valence electrons. The zero-order valence-electron chi connectivity index (χ0n) is 40.0. The van der Waals surface area contributed by atoms with Crippen LogP contribution in [0.25, 0.3) is 0 Å². The van der Waals surface area contributed by atoms with E-state index >= 15 is 0 Å². The van der Waals surface area contributed by atoms with E-state index in [9.17, 15) is 9.59 Å². The summed E-state index contributed by atoms with van der Waals surface area (Å²) in [6.45, 7) is 8.97. The van der Waals surface area contributed by atoms with Gasteiger partial charge < -0.3 is 24.8 Å². The van der Waals surface area contributed by atoms with Gasteiger partial charge in [0.05, 0.1) is 13.2 Å². The second-order valence-corrected chi connectivity index (χ2v) is 17.6. The molecule has 2 amide bonds. The smallest absolute Gasteiger partial charge is 0.410 e. The second kappa shape index (κ2) is 48.0. The quantitative estimate of drug-likeness (QED) is 0.0177. The Hall–Kier alpha value is -2.07. The van der Waals surface area contributed by atoms with Gasteiger partial charge in [0.15, 0.2) is 0 Å². The minimum absolute atomic E-state index is 0.0739. The van der Waals surface area contributed by atoms with Crippen molar-refractivity contribution in [3.63, 3.8) is 0 Å². The summed E-state index contributed by atoms with van der Waals surface area (Å²) in [5.41, 5.74) is 11.2. The first-order chi connectivity index (χ1) is 29.4. The topological polar surface area (TPSA) is 152 Å². The molecule has 2 atom stereocenters. The van der Waals surface area contributed by atoms with Gasteiger partial charge in [0.2, 0.25) is 12.2 Å². The lowest BCUT2D eigenvalue weighted by molar-refractivity contribution is -0.459. The number of nitrogens with two attached hydrogens (primary N) is 2. The highest BCUT2D eigenvalue weighted by atomic mass is 16.7. The predicted octanol–water partition coefficient (Wildman–Crippen LogP) is 11.4. The van der Waals surface area contributed by atoms with E-state index in [0.717, 1.165) is 38.5 Å². The fourth-order valence-electron chi connectivity index (χ4n) is 7.72. The highest BCUT2D eigenvalue weighted by Gasteiger charge is 2.24. The summed E-state index contributed by atoms with van der Waals surface area (Å²) in [4.78, 5) is 29.3. The van der Waals surface area contributed by atoms with Crippen LogP contribution in [-0.4, -0.2) is 63.2 Å². The van der Waals surface area contributed by atoms with Crippen molar-refractivity contribution in [2.24, 2.45) is 11.5 Å². The van der Waals surface area contributed by atoms with Crippen molar-refractivity contribution in [3.05, 3.63) is 0 Å². The number of amides is 2. The summed E-state index contributed by atoms with van der Waals surface area (Å²) in [5.74, 6) is -0.172. The Balaban J connectivity index is 4.74. The highest BCUT2D eigenvalue weighted by molar-refractivity contribution is 5.85. The number of hydrogen-bond donors (Lipinski definition) is 5. The molecule has 0 rings (SSSR count). The molecule has 0 aliphatic heterocycles. The van der Waals surface area contributed by atoms with Crippen molar-refractivity contribution >= 4 is 18.0 Å². The zero-order chi connectivity index (χ0) is 43.8. The normalized spacial score (nSPS) is 12.3. The Labute approximate surface area is 371 Å². The summed E-state index contributed by atoms with van der Waals surface area (Å²) in [7, 11) is 0. The molecule has 0 fully saturated rings. The Kier molecular flexibility index (Phi) is 46.3. The first-order valence-corrected chi connectivity index (χ1v) is 26.0. The SMILES string of the molecule is CCCCCCCCCCCCCCNC(=O)C(CC[NH+]=C(N)N)NC(=O)OC(COCCCCCCCCCCCCCC)OCCCCCCCCCCCCCC. The third kappa shape index (κ3) is 44.0. The average molecular weight is 853 g/mol. The number of alkyl carbamates (subject to hydrolysis) is 1. The molecular formula is C50H102N5O5+. The van der Waals surface area contributed by atoms with E-state index in [1.807, 2.05) is 0 Å². The minimum Gasteiger partial charge on any atom is -0.417 e. The molecule has 7 N–H and O–H groups in total. The van der Waals surface area contributed by atoms with E-state index in [-0.39, 0.29) is 18.5 Å². The number of nitrogens with one attached hydrogen (secondary N) is 3. The number of carbonyl (C=O) groups is 2. The van der Waals surface area contributed by atoms with Crippen molar-refractivity contribution in [1.29, 1.82) is 0 Å². The Bertz CT molecular complexity index is 935. The van der Waals surface area contributed by atoms with Gasteiger partial charge in [-0.25, -0.2) is 4.79 Å². The number of ether oxygens (including phenoxy) is 3. The fraction of sp³-hybridized carbons (Fsp3) is 0.940. The molecule has 0 saturated heterocycles. The molecule has 0 aromatic heterocycles. The lowest BCUT2D eigenvalue weighted by atomic mass is 10.1. The Morgan fingerprint density at radius 1 is 0.500 bits per heavy atom. The minimum atomic E-state index is -0.842. The number of guanidine groups is 1. The first kappa shape index (κ1) is 57.9. The van der Waals surface area contributed by atoms with E-state index in [4.69, 9.17) is 25.7 Å². The van der Waals surface area contributed by atoms with E-state index in [1.54, 1.807) is 0 Å². The van der Waals surface area contributed by atoms with Crippen LogP contribution in [0.3, 0.4) is 0 Å². The average Bonchev–Trinajstić information content (AvgIpc) is 3.23. The molecule has 0 bridgehead atoms. The van der Waals surface area contributed by atoms with Crippen LogP contribution in [0.5, 0.6) is 0 Å². The number of carbonyl (C=O) groups excluding carboxylic acids is 2. The largest absolute Gasteiger partial charge is 0.417 e. The maximum absolute atomic E-state index is 13.2. The summed E-state index contributed by atoms with van der Waals surface area (Å²) in [6.07, 6.45) is 44.6. The predicted molar refractivity (Wildman–Crippen MR) is 254 cm³/mol. The molecule has 0 aliphatic carbocycles. The van der Waals surface area contributed by atoms with Crippen LogP contribution in [0, 0.1) is 0 Å². The van der Waals surface area contributed by atoms with E-state index in [1.165, 1.54) is 193 Å². The van der Waals surface area contributed by atoms with Crippen molar-refractivity contribution in [2.45, 2.75) is 271 Å². The number of hydrogen-bond acceptors (Lipinski definition) is 5. The Morgan fingerprint density at radius 3 is 1.27 bits per heavy atom. The number of rotatable bonds is 48. The molecule has 60 heavy (non-hydrogen) atoms. The molecule has 0 radical (unpaired) electrons. The lowest BCUT2D eigenvalue weighted by Gasteiger charge is -2.22. The first-order valence-electron chi connectivity index (χ1n) is 26.0. The Morgan fingerprint density at radius 2 is 0.867 bits per heavy atom. The van der Waals surface area contributed by atoms with Crippen molar-refractivity contribution in [3.8, 4) is 0 Å². The van der Waals surface area contributed by atoms with E-state index in [0.29, 0.717) is 32.7 Å². The monoisotopic (exact) mass is 853 g/mol. The van der Waals surface area contributed by atoms with Crippen molar-refractivity contribution in [1.82, 2.24) is 10.6 Å². The molecule has 10 nitrogen and oxygen atoms in total. The molecule has 0 aromatic rings. The van der Waals surface area contributed by atoms with Crippen LogP contribution in [0.4, 0.5) is 4.79 Å². The third-order valence-corrected chi connectivity index (χ3v) is 11.6. The summed E-state index contributed by atoms with van der Waals surface area (Å²) >= 11 is 0. The van der Waals surface area contributed by atoms with Crippen LogP contribution >= 0.6 is 0 Å². The van der Waals surface area contributed by atoms with E-state index in [2.05, 4.69) is 36.4 Å². The summed E-state index contributed by atoms with van der Waals surface area (Å²) < 4.78 is 17.8. The maximum Gasteiger partial charge on any atom is 0.410 e. The molecule has 10 heteroatoms. The maximum atomic E-state index is 13.2. The second-order valence-electron chi connectivity index (χ2n) is 17.6. The standard InChI is InChI=1S/C50H101N5O5/c1-4-7-10-13-16-19-22-25-28-31-34-37-41-53-48(56)46(40-42-54-49(51)52)55-50(57)60-47(59-44-39-36-33-30-27-24-21-18-15-12-9-6-3)45-58-43-38-35-32-29-26-23-20-17-14-11-8-5-2/h46-47H,4-45H2,1-3H3,(H,53,56)(H,55,57)(H4,51,52,54)/p+1. The van der Waals surface area contributed by atoms with Crippen LogP contribution in [-0.2, 0) is 19.0 Å². The lowest BCUT2D eigenvalue weighted by Crippen LogP contribution is -2.78. The molecule has 0 spiro atoms. The van der Waals surface area contributed by atoms with Gasteiger partial charge in [-0.15, -0.1) is 0 Å². The molecule has 0 heterocycles. The van der Waals surface area contributed by atoms with Gasteiger partial charge in [0, 0.05) is 19.6 Å². The van der Waals surface area contributed by atoms with Gasteiger partial charge >= 0.3 is 12.1 Å². The van der Waals surface area contributed by atoms with Gasteiger partial charge in [0.1, 0.15) is 12.6 Å². The van der Waals surface area contributed by atoms with Gasteiger partial charge in [-0.2, -0.15) is 0 Å². The molecule has 0 aliphatic rings.